The third kappa shape index (κ3) is 3.42. The SMILES string of the molecule is CCC[C@H](C)Oc1nc(N)c2nc(Br)n(C3CCCCO3)c2n1. The highest BCUT2D eigenvalue weighted by Gasteiger charge is 2.24. The molecule has 2 aromatic rings. The minimum atomic E-state index is -0.0849. The number of nitrogens with zero attached hydrogens (tertiary/aromatic N) is 4. The Morgan fingerprint density at radius 2 is 2.22 bits per heavy atom. The Kier molecular flexibility index (Phi) is 5.01. The number of anilines is 1. The number of fused-ring (bicyclic) bond motifs is 1. The Morgan fingerprint density at radius 3 is 2.91 bits per heavy atom. The molecule has 0 radical (unpaired) electrons. The van der Waals surface area contributed by atoms with Crippen LogP contribution in [0.15, 0.2) is 4.73 Å². The van der Waals surface area contributed by atoms with Crippen molar-refractivity contribution in [1.82, 2.24) is 19.5 Å². The molecule has 1 unspecified atom stereocenters. The van der Waals surface area contributed by atoms with E-state index in [9.17, 15) is 0 Å². The third-order valence-corrected chi connectivity index (χ3v) is 4.51. The number of hydrogen-bond acceptors (Lipinski definition) is 6. The van der Waals surface area contributed by atoms with Gasteiger partial charge in [-0.2, -0.15) is 9.97 Å². The summed E-state index contributed by atoms with van der Waals surface area (Å²) in [6.45, 7) is 4.86. The molecule has 2 atom stereocenters. The fraction of sp³-hybridized carbons (Fsp3) is 0.667. The zero-order valence-electron chi connectivity index (χ0n) is 13.5. The van der Waals surface area contributed by atoms with E-state index in [-0.39, 0.29) is 12.3 Å². The van der Waals surface area contributed by atoms with Gasteiger partial charge in [-0.1, -0.05) is 13.3 Å². The summed E-state index contributed by atoms with van der Waals surface area (Å²) < 4.78 is 14.2. The fourth-order valence-corrected chi connectivity index (χ4v) is 3.40. The zero-order chi connectivity index (χ0) is 16.4. The van der Waals surface area contributed by atoms with E-state index in [2.05, 4.69) is 37.8 Å². The first kappa shape index (κ1) is 16.4. The van der Waals surface area contributed by atoms with Crippen LogP contribution in [0.2, 0.25) is 0 Å². The number of nitrogen functional groups attached to an aromatic ring is 1. The standard InChI is InChI=1S/C15H22BrN5O2/c1-3-6-9(2)23-15-19-12(17)11-13(20-15)21(14(16)18-11)10-7-4-5-8-22-10/h9-10H,3-8H2,1-2H3,(H2,17,19,20)/t9-,10?/m0/s1. The predicted molar refractivity (Wildman–Crippen MR) is 91.3 cm³/mol. The van der Waals surface area contributed by atoms with Crippen molar-refractivity contribution in [3.8, 4) is 6.01 Å². The Bertz CT molecular complexity index is 684. The Morgan fingerprint density at radius 1 is 1.39 bits per heavy atom. The molecule has 0 bridgehead atoms. The second kappa shape index (κ2) is 7.00. The number of imidazole rings is 1. The van der Waals surface area contributed by atoms with Crippen molar-refractivity contribution in [3.05, 3.63) is 4.73 Å². The molecule has 2 aromatic heterocycles. The van der Waals surface area contributed by atoms with Gasteiger partial charge in [0.1, 0.15) is 6.23 Å². The largest absolute Gasteiger partial charge is 0.460 e. The van der Waals surface area contributed by atoms with E-state index in [0.29, 0.717) is 27.7 Å². The molecule has 8 heteroatoms. The summed E-state index contributed by atoms with van der Waals surface area (Å²) in [6, 6.07) is 0.292. The van der Waals surface area contributed by atoms with Crippen LogP contribution in [-0.4, -0.2) is 32.2 Å². The molecule has 1 saturated heterocycles. The van der Waals surface area contributed by atoms with Crippen LogP contribution in [0, 0.1) is 0 Å². The van der Waals surface area contributed by atoms with Gasteiger partial charge < -0.3 is 15.2 Å². The zero-order valence-corrected chi connectivity index (χ0v) is 15.0. The lowest BCUT2D eigenvalue weighted by atomic mass is 10.2. The lowest BCUT2D eigenvalue weighted by Crippen LogP contribution is -2.19. The Labute approximate surface area is 143 Å². The third-order valence-electron chi connectivity index (χ3n) is 3.95. The quantitative estimate of drug-likeness (QED) is 0.795. The van der Waals surface area contributed by atoms with Gasteiger partial charge in [0.05, 0.1) is 6.10 Å². The van der Waals surface area contributed by atoms with Crippen LogP contribution in [0.5, 0.6) is 6.01 Å². The van der Waals surface area contributed by atoms with E-state index in [0.717, 1.165) is 38.7 Å². The van der Waals surface area contributed by atoms with Crippen LogP contribution in [0.3, 0.4) is 0 Å². The number of nitrogens with two attached hydrogens (primary N) is 1. The van der Waals surface area contributed by atoms with Crippen LogP contribution in [0.4, 0.5) is 5.82 Å². The summed E-state index contributed by atoms with van der Waals surface area (Å²) in [5, 5.41) is 0. The van der Waals surface area contributed by atoms with Gasteiger partial charge in [0.15, 0.2) is 21.7 Å². The molecule has 126 valence electrons. The maximum atomic E-state index is 6.05. The number of halogens is 1. The lowest BCUT2D eigenvalue weighted by Gasteiger charge is -2.24. The van der Waals surface area contributed by atoms with Gasteiger partial charge in [-0.3, -0.25) is 4.57 Å². The highest BCUT2D eigenvalue weighted by Crippen LogP contribution is 2.32. The second-order valence-corrected chi connectivity index (χ2v) is 6.56. The summed E-state index contributed by atoms with van der Waals surface area (Å²) >= 11 is 3.49. The van der Waals surface area contributed by atoms with Crippen molar-refractivity contribution >= 4 is 32.9 Å². The summed E-state index contributed by atoms with van der Waals surface area (Å²) in [5.41, 5.74) is 7.27. The van der Waals surface area contributed by atoms with E-state index < -0.39 is 0 Å². The average molecular weight is 384 g/mol. The van der Waals surface area contributed by atoms with Gasteiger partial charge in [0, 0.05) is 6.61 Å². The molecule has 23 heavy (non-hydrogen) atoms. The summed E-state index contributed by atoms with van der Waals surface area (Å²) in [7, 11) is 0. The molecule has 3 rings (SSSR count). The molecule has 7 nitrogen and oxygen atoms in total. The number of rotatable bonds is 5. The summed E-state index contributed by atoms with van der Waals surface area (Å²) in [5.74, 6) is 0.323. The topological polar surface area (TPSA) is 88.1 Å². The maximum absolute atomic E-state index is 6.05. The Hall–Kier alpha value is -1.41. The number of ether oxygens (including phenoxy) is 2. The van der Waals surface area contributed by atoms with E-state index in [4.69, 9.17) is 15.2 Å². The van der Waals surface area contributed by atoms with E-state index >= 15 is 0 Å². The first-order valence-electron chi connectivity index (χ1n) is 8.09. The van der Waals surface area contributed by atoms with Gasteiger partial charge in [-0.25, -0.2) is 4.98 Å². The molecule has 1 aliphatic rings. The molecule has 1 aliphatic heterocycles. The number of aromatic nitrogens is 4. The van der Waals surface area contributed by atoms with Crippen LogP contribution >= 0.6 is 15.9 Å². The van der Waals surface area contributed by atoms with Crippen LogP contribution in [0.1, 0.15) is 52.2 Å². The highest BCUT2D eigenvalue weighted by atomic mass is 79.9. The minimum Gasteiger partial charge on any atom is -0.460 e. The fourth-order valence-electron chi connectivity index (χ4n) is 2.83. The first-order chi connectivity index (χ1) is 11.1. The minimum absolute atomic E-state index is 0.0441. The van der Waals surface area contributed by atoms with E-state index in [1.54, 1.807) is 0 Å². The van der Waals surface area contributed by atoms with E-state index in [1.807, 2.05) is 11.5 Å². The lowest BCUT2D eigenvalue weighted by molar-refractivity contribution is -0.0311. The van der Waals surface area contributed by atoms with Crippen molar-refractivity contribution < 1.29 is 9.47 Å². The summed E-state index contributed by atoms with van der Waals surface area (Å²) in [4.78, 5) is 13.2. The molecule has 0 amide bonds. The smallest absolute Gasteiger partial charge is 0.320 e. The summed E-state index contributed by atoms with van der Waals surface area (Å²) in [6.07, 6.45) is 5.07. The van der Waals surface area contributed by atoms with Gasteiger partial charge >= 0.3 is 6.01 Å². The first-order valence-corrected chi connectivity index (χ1v) is 8.88. The molecule has 0 spiro atoms. The van der Waals surface area contributed by atoms with E-state index in [1.165, 1.54) is 0 Å². The van der Waals surface area contributed by atoms with Gasteiger partial charge in [-0.05, 0) is 48.5 Å². The van der Waals surface area contributed by atoms with Crippen molar-refractivity contribution in [2.75, 3.05) is 12.3 Å². The molecule has 0 aliphatic carbocycles. The predicted octanol–water partition coefficient (Wildman–Crippen LogP) is 3.44. The monoisotopic (exact) mass is 383 g/mol. The van der Waals surface area contributed by atoms with Crippen molar-refractivity contribution in [2.45, 2.75) is 58.3 Å². The molecular weight excluding hydrogens is 362 g/mol. The van der Waals surface area contributed by atoms with Gasteiger partial charge in [0.2, 0.25) is 0 Å². The Balaban J connectivity index is 1.99. The van der Waals surface area contributed by atoms with Crippen LogP contribution in [-0.2, 0) is 4.74 Å². The van der Waals surface area contributed by atoms with Gasteiger partial charge in [-0.15, -0.1) is 0 Å². The molecule has 3 heterocycles. The normalized spacial score (nSPS) is 19.9. The number of hydrogen-bond donors (Lipinski definition) is 1. The average Bonchev–Trinajstić information content (AvgIpc) is 2.85. The molecule has 2 N–H and O–H groups in total. The highest BCUT2D eigenvalue weighted by molar-refractivity contribution is 9.10. The van der Waals surface area contributed by atoms with Crippen molar-refractivity contribution in [2.24, 2.45) is 0 Å². The molecule has 0 saturated carbocycles. The maximum Gasteiger partial charge on any atom is 0.320 e. The van der Waals surface area contributed by atoms with Crippen molar-refractivity contribution in [3.63, 3.8) is 0 Å². The van der Waals surface area contributed by atoms with Crippen molar-refractivity contribution in [1.29, 1.82) is 0 Å². The molecule has 0 aromatic carbocycles. The second-order valence-electron chi connectivity index (χ2n) is 5.85. The van der Waals surface area contributed by atoms with Crippen LogP contribution in [0.25, 0.3) is 11.2 Å². The van der Waals surface area contributed by atoms with Gasteiger partial charge in [0.25, 0.3) is 0 Å². The molecule has 1 fully saturated rings. The van der Waals surface area contributed by atoms with Crippen LogP contribution < -0.4 is 10.5 Å². The molecular formula is C15H22BrN5O2.